The average Bonchev–Trinajstić information content (AvgIpc) is 2.79. The Kier molecular flexibility index (Phi) is 6.13. The number of hydrogen-bond acceptors (Lipinski definition) is 3. The molecule has 3 aromatic carbocycles. The summed E-state index contributed by atoms with van der Waals surface area (Å²) in [6, 6.07) is 23.9. The highest BCUT2D eigenvalue weighted by atomic mass is 19.4. The fourth-order valence-electron chi connectivity index (χ4n) is 3.84. The summed E-state index contributed by atoms with van der Waals surface area (Å²) in [6.07, 6.45) is -4.32. The van der Waals surface area contributed by atoms with E-state index >= 15 is 0 Å². The van der Waals surface area contributed by atoms with Gasteiger partial charge in [0.15, 0.2) is 0 Å². The molecule has 0 bridgehead atoms. The zero-order chi connectivity index (χ0) is 21.8. The van der Waals surface area contributed by atoms with Crippen LogP contribution in [0.5, 0.6) is 0 Å². The number of anilines is 2. The van der Waals surface area contributed by atoms with Gasteiger partial charge in [0, 0.05) is 31.9 Å². The normalized spacial score (nSPS) is 15.3. The van der Waals surface area contributed by atoms with Crippen LogP contribution in [0.25, 0.3) is 0 Å². The van der Waals surface area contributed by atoms with Crippen molar-refractivity contribution in [3.05, 3.63) is 95.8 Å². The first kappa shape index (κ1) is 21.2. The van der Waals surface area contributed by atoms with Gasteiger partial charge in [-0.1, -0.05) is 60.7 Å². The highest BCUT2D eigenvalue weighted by molar-refractivity contribution is 5.61. The van der Waals surface area contributed by atoms with Crippen molar-refractivity contribution in [3.8, 4) is 0 Å². The van der Waals surface area contributed by atoms with E-state index in [0.29, 0.717) is 16.3 Å². The molecule has 0 spiro atoms. The Hall–Kier alpha value is -3.06. The van der Waals surface area contributed by atoms with E-state index in [4.69, 9.17) is 0 Å². The maximum absolute atomic E-state index is 14.7. The summed E-state index contributed by atoms with van der Waals surface area (Å²) in [5.74, 6) is -0.408. The average molecular weight is 429 g/mol. The lowest BCUT2D eigenvalue weighted by atomic mass is 9.98. The van der Waals surface area contributed by atoms with Gasteiger partial charge in [0.05, 0.1) is 11.7 Å². The van der Waals surface area contributed by atoms with Crippen LogP contribution in [0, 0.1) is 5.82 Å². The molecule has 0 atom stereocenters. The van der Waals surface area contributed by atoms with E-state index in [1.54, 1.807) is 12.1 Å². The predicted octanol–water partition coefficient (Wildman–Crippen LogP) is 5.67. The van der Waals surface area contributed by atoms with Gasteiger partial charge < -0.3 is 10.2 Å². The highest BCUT2D eigenvalue weighted by Gasteiger charge is 2.38. The second-order valence-corrected chi connectivity index (χ2v) is 7.50. The summed E-state index contributed by atoms with van der Waals surface area (Å²) < 4.78 is 53.4. The molecule has 0 aliphatic carbocycles. The number of halogens is 4. The first-order valence-corrected chi connectivity index (χ1v) is 10.1. The predicted molar refractivity (Wildman–Crippen MR) is 115 cm³/mol. The topological polar surface area (TPSA) is 18.5 Å². The second-order valence-electron chi connectivity index (χ2n) is 7.50. The Morgan fingerprint density at radius 3 is 1.81 bits per heavy atom. The van der Waals surface area contributed by atoms with Gasteiger partial charge in [0.25, 0.3) is 0 Å². The summed E-state index contributed by atoms with van der Waals surface area (Å²) in [5.41, 5.74) is 2.98. The first-order chi connectivity index (χ1) is 14.9. The van der Waals surface area contributed by atoms with Crippen molar-refractivity contribution in [2.45, 2.75) is 12.3 Å². The molecule has 3 aromatic rings. The number of rotatable bonds is 5. The van der Waals surface area contributed by atoms with Crippen LogP contribution in [0.15, 0.2) is 78.9 Å². The molecule has 7 heteroatoms. The van der Waals surface area contributed by atoms with Crippen molar-refractivity contribution >= 4 is 11.4 Å². The molecule has 31 heavy (non-hydrogen) atoms. The van der Waals surface area contributed by atoms with E-state index < -0.39 is 12.1 Å². The van der Waals surface area contributed by atoms with Gasteiger partial charge in [-0.15, -0.1) is 0 Å². The molecule has 162 valence electrons. The minimum Gasteiger partial charge on any atom is -0.372 e. The van der Waals surface area contributed by atoms with Gasteiger partial charge >= 0.3 is 6.30 Å². The summed E-state index contributed by atoms with van der Waals surface area (Å²) in [5, 5.41) is 3.30. The van der Waals surface area contributed by atoms with E-state index in [1.165, 1.54) is 6.07 Å². The Labute approximate surface area is 178 Å². The molecular formula is C24H23F4N3. The summed E-state index contributed by atoms with van der Waals surface area (Å²) in [7, 11) is 0. The van der Waals surface area contributed by atoms with Crippen LogP contribution in [0.3, 0.4) is 0 Å². The van der Waals surface area contributed by atoms with Gasteiger partial charge in [-0.25, -0.2) is 9.29 Å². The number of piperazine rings is 1. The number of nitrogens with zero attached hydrogens (tertiary/aromatic N) is 2. The Bertz CT molecular complexity index is 945. The van der Waals surface area contributed by atoms with E-state index in [1.807, 2.05) is 65.6 Å². The zero-order valence-electron chi connectivity index (χ0n) is 16.8. The highest BCUT2D eigenvalue weighted by Crippen LogP contribution is 2.31. The van der Waals surface area contributed by atoms with Crippen LogP contribution in [0.4, 0.5) is 28.9 Å². The summed E-state index contributed by atoms with van der Waals surface area (Å²) in [6.45, 7) is 0.233. The third-order valence-corrected chi connectivity index (χ3v) is 5.52. The van der Waals surface area contributed by atoms with Crippen LogP contribution in [0.1, 0.15) is 17.2 Å². The van der Waals surface area contributed by atoms with Crippen LogP contribution in [-0.4, -0.2) is 37.4 Å². The quantitative estimate of drug-likeness (QED) is 0.417. The molecule has 3 nitrogen and oxygen atoms in total. The smallest absolute Gasteiger partial charge is 0.372 e. The van der Waals surface area contributed by atoms with Gasteiger partial charge in [0.1, 0.15) is 5.82 Å². The minimum atomic E-state index is -4.32. The molecule has 1 saturated heterocycles. The van der Waals surface area contributed by atoms with E-state index in [-0.39, 0.29) is 32.2 Å². The summed E-state index contributed by atoms with van der Waals surface area (Å²) >= 11 is 0. The van der Waals surface area contributed by atoms with Gasteiger partial charge in [-0.05, 0) is 29.3 Å². The minimum absolute atomic E-state index is 0.111. The number of alkyl halides is 3. The largest absolute Gasteiger partial charge is 0.460 e. The van der Waals surface area contributed by atoms with Crippen molar-refractivity contribution in [1.29, 1.82) is 0 Å². The molecule has 1 aliphatic heterocycles. The summed E-state index contributed by atoms with van der Waals surface area (Å²) in [4.78, 5) is 2.36. The second kappa shape index (κ2) is 8.98. The van der Waals surface area contributed by atoms with Crippen LogP contribution < -0.4 is 10.2 Å². The fourth-order valence-corrected chi connectivity index (χ4v) is 3.84. The molecular weight excluding hydrogens is 406 g/mol. The van der Waals surface area contributed by atoms with Crippen molar-refractivity contribution in [2.24, 2.45) is 0 Å². The van der Waals surface area contributed by atoms with Crippen molar-refractivity contribution in [1.82, 2.24) is 4.90 Å². The number of nitrogens with one attached hydrogen (secondary N) is 1. The van der Waals surface area contributed by atoms with Gasteiger partial charge in [-0.3, -0.25) is 0 Å². The molecule has 0 amide bonds. The van der Waals surface area contributed by atoms with Crippen LogP contribution in [0.2, 0.25) is 0 Å². The molecule has 1 N–H and O–H groups in total. The fraction of sp³-hybridized carbons (Fsp3) is 0.250. The maximum Gasteiger partial charge on any atom is 0.460 e. The molecule has 0 aromatic heterocycles. The zero-order valence-corrected chi connectivity index (χ0v) is 16.8. The standard InChI is InChI=1S/C24H23F4N3/c25-21-12-11-20(30-13-15-31(16-14-30)24(26,27)28)17-22(21)29-23(18-7-3-1-4-8-18)19-9-5-2-6-10-19/h1-12,17,23,29H,13-16H2. The van der Waals surface area contributed by atoms with Crippen molar-refractivity contribution in [3.63, 3.8) is 0 Å². The molecule has 1 heterocycles. The lowest BCUT2D eigenvalue weighted by Crippen LogP contribution is -2.51. The van der Waals surface area contributed by atoms with Crippen molar-refractivity contribution < 1.29 is 17.6 Å². The lowest BCUT2D eigenvalue weighted by molar-refractivity contribution is -0.246. The van der Waals surface area contributed by atoms with Crippen molar-refractivity contribution in [2.75, 3.05) is 36.4 Å². The molecule has 1 fully saturated rings. The molecule has 1 aliphatic rings. The SMILES string of the molecule is Fc1ccc(N2CCN(C(F)(F)F)CC2)cc1NC(c1ccccc1)c1ccccc1. The first-order valence-electron chi connectivity index (χ1n) is 10.1. The molecule has 0 radical (unpaired) electrons. The number of benzene rings is 3. The molecule has 0 saturated carbocycles. The van der Waals surface area contributed by atoms with E-state index in [0.717, 1.165) is 11.1 Å². The number of hydrogen-bond donors (Lipinski definition) is 1. The Balaban J connectivity index is 1.58. The molecule has 0 unspecified atom stereocenters. The van der Waals surface area contributed by atoms with Crippen LogP contribution >= 0.6 is 0 Å². The van der Waals surface area contributed by atoms with E-state index in [2.05, 4.69) is 5.32 Å². The Morgan fingerprint density at radius 2 is 1.29 bits per heavy atom. The molecule has 4 rings (SSSR count). The van der Waals surface area contributed by atoms with Gasteiger partial charge in [0.2, 0.25) is 0 Å². The third kappa shape index (κ3) is 4.99. The van der Waals surface area contributed by atoms with E-state index in [9.17, 15) is 17.6 Å². The monoisotopic (exact) mass is 429 g/mol. The maximum atomic E-state index is 14.7. The van der Waals surface area contributed by atoms with Crippen LogP contribution in [-0.2, 0) is 0 Å². The Morgan fingerprint density at radius 1 is 0.742 bits per heavy atom. The van der Waals surface area contributed by atoms with Gasteiger partial charge in [-0.2, -0.15) is 13.2 Å². The third-order valence-electron chi connectivity index (χ3n) is 5.52. The lowest BCUT2D eigenvalue weighted by Gasteiger charge is -2.37.